The molecule has 1 saturated heterocycles. The number of hydrogen-bond donors (Lipinski definition) is 1. The fourth-order valence-corrected chi connectivity index (χ4v) is 1.71. The molecule has 1 amide bonds. The summed E-state index contributed by atoms with van der Waals surface area (Å²) in [6.07, 6.45) is 2.52. The smallest absolute Gasteiger partial charge is 0.228 e. The first-order valence-corrected chi connectivity index (χ1v) is 4.59. The number of carbonyl (C=O) groups excluding carboxylic acids is 1. The molecule has 2 rings (SSSR count). The van der Waals surface area contributed by atoms with E-state index in [9.17, 15) is 9.90 Å². The van der Waals surface area contributed by atoms with Crippen LogP contribution in [0.5, 0.6) is 0 Å². The number of hydrogen-bond acceptors (Lipinski definition) is 2. The molecule has 1 unspecified atom stereocenters. The molecule has 1 N–H and O–H groups in total. The van der Waals surface area contributed by atoms with Gasteiger partial charge in [-0.15, -0.1) is 0 Å². The monoisotopic (exact) mass is 169 g/mol. The van der Waals surface area contributed by atoms with Crippen LogP contribution < -0.4 is 0 Å². The minimum atomic E-state index is -0.281. The molecule has 0 aromatic rings. The van der Waals surface area contributed by atoms with Crippen LogP contribution in [0.25, 0.3) is 0 Å². The van der Waals surface area contributed by atoms with Crippen LogP contribution in [0.1, 0.15) is 26.2 Å². The van der Waals surface area contributed by atoms with Crippen molar-refractivity contribution in [1.82, 2.24) is 4.90 Å². The Hall–Kier alpha value is -0.570. The summed E-state index contributed by atoms with van der Waals surface area (Å²) in [5.41, 5.74) is -0.0654. The largest absolute Gasteiger partial charge is 0.391 e. The maximum Gasteiger partial charge on any atom is 0.228 e. The zero-order chi connectivity index (χ0) is 8.77. The van der Waals surface area contributed by atoms with E-state index < -0.39 is 0 Å². The molecule has 68 valence electrons. The molecule has 1 aliphatic carbocycles. The molecule has 3 heteroatoms. The molecule has 1 heterocycles. The van der Waals surface area contributed by atoms with Crippen LogP contribution in [0, 0.1) is 5.41 Å². The first-order valence-electron chi connectivity index (χ1n) is 4.59. The molecule has 1 aliphatic heterocycles. The minimum Gasteiger partial charge on any atom is -0.391 e. The van der Waals surface area contributed by atoms with Gasteiger partial charge >= 0.3 is 0 Å². The van der Waals surface area contributed by atoms with Crippen molar-refractivity contribution in [1.29, 1.82) is 0 Å². The molecular weight excluding hydrogens is 154 g/mol. The summed E-state index contributed by atoms with van der Waals surface area (Å²) in [6, 6.07) is 0. The van der Waals surface area contributed by atoms with E-state index in [1.807, 2.05) is 6.92 Å². The summed E-state index contributed by atoms with van der Waals surface area (Å²) in [4.78, 5) is 13.5. The summed E-state index contributed by atoms with van der Waals surface area (Å²) in [5, 5.41) is 9.24. The molecule has 2 fully saturated rings. The van der Waals surface area contributed by atoms with Crippen molar-refractivity contribution in [3.05, 3.63) is 0 Å². The number of nitrogens with zero attached hydrogens (tertiary/aromatic N) is 1. The van der Waals surface area contributed by atoms with Crippen LogP contribution in [0.2, 0.25) is 0 Å². The minimum absolute atomic E-state index is 0.0654. The third kappa shape index (κ3) is 1.22. The number of aliphatic hydroxyl groups is 1. The van der Waals surface area contributed by atoms with Gasteiger partial charge in [0, 0.05) is 18.5 Å². The lowest BCUT2D eigenvalue weighted by molar-refractivity contribution is -0.135. The Morgan fingerprint density at radius 2 is 2.25 bits per heavy atom. The molecule has 0 bridgehead atoms. The van der Waals surface area contributed by atoms with E-state index in [0.29, 0.717) is 6.54 Å². The van der Waals surface area contributed by atoms with Gasteiger partial charge in [0.25, 0.3) is 0 Å². The normalized spacial score (nSPS) is 32.2. The van der Waals surface area contributed by atoms with Crippen molar-refractivity contribution in [2.24, 2.45) is 5.41 Å². The molecule has 0 radical (unpaired) electrons. The highest BCUT2D eigenvalue weighted by atomic mass is 16.3. The van der Waals surface area contributed by atoms with Gasteiger partial charge in [0.15, 0.2) is 0 Å². The molecule has 0 aromatic heterocycles. The Labute approximate surface area is 72.4 Å². The molecule has 0 spiro atoms. The number of rotatable bonds is 1. The van der Waals surface area contributed by atoms with Gasteiger partial charge in [-0.3, -0.25) is 4.79 Å². The van der Waals surface area contributed by atoms with E-state index in [1.54, 1.807) is 4.90 Å². The van der Waals surface area contributed by atoms with E-state index in [4.69, 9.17) is 0 Å². The van der Waals surface area contributed by atoms with Gasteiger partial charge in [-0.2, -0.15) is 0 Å². The topological polar surface area (TPSA) is 40.5 Å². The maximum atomic E-state index is 11.7. The van der Waals surface area contributed by atoms with Gasteiger partial charge < -0.3 is 10.0 Å². The first kappa shape index (κ1) is 8.05. The fourth-order valence-electron chi connectivity index (χ4n) is 1.71. The van der Waals surface area contributed by atoms with Crippen LogP contribution >= 0.6 is 0 Å². The van der Waals surface area contributed by atoms with Crippen LogP contribution in [0.15, 0.2) is 0 Å². The third-order valence-corrected chi connectivity index (χ3v) is 2.97. The summed E-state index contributed by atoms with van der Waals surface area (Å²) in [5.74, 6) is 0.249. The highest BCUT2D eigenvalue weighted by molar-refractivity contribution is 5.85. The lowest BCUT2D eigenvalue weighted by Crippen LogP contribution is -2.34. The Bertz CT molecular complexity index is 211. The summed E-state index contributed by atoms with van der Waals surface area (Å²) in [6.45, 7) is 3.31. The SMILES string of the molecule is CC1(C(=O)N2CCC(O)C2)CC1. The highest BCUT2D eigenvalue weighted by Crippen LogP contribution is 2.46. The molecule has 2 aliphatic rings. The van der Waals surface area contributed by atoms with Gasteiger partial charge in [-0.1, -0.05) is 6.92 Å². The van der Waals surface area contributed by atoms with Crippen molar-refractivity contribution in [2.45, 2.75) is 32.3 Å². The van der Waals surface area contributed by atoms with Gasteiger partial charge in [0.2, 0.25) is 5.91 Å². The Kier molecular flexibility index (Phi) is 1.65. The van der Waals surface area contributed by atoms with Crippen molar-refractivity contribution in [3.8, 4) is 0 Å². The zero-order valence-corrected chi connectivity index (χ0v) is 7.42. The Morgan fingerprint density at radius 3 is 2.67 bits per heavy atom. The maximum absolute atomic E-state index is 11.7. The Morgan fingerprint density at radius 1 is 1.58 bits per heavy atom. The van der Waals surface area contributed by atoms with Gasteiger partial charge in [0.05, 0.1) is 6.10 Å². The lowest BCUT2D eigenvalue weighted by Gasteiger charge is -2.19. The van der Waals surface area contributed by atoms with E-state index in [2.05, 4.69) is 0 Å². The van der Waals surface area contributed by atoms with Crippen LogP contribution in [-0.2, 0) is 4.79 Å². The van der Waals surface area contributed by atoms with E-state index >= 15 is 0 Å². The summed E-state index contributed by atoms with van der Waals surface area (Å²) >= 11 is 0. The van der Waals surface area contributed by atoms with Crippen molar-refractivity contribution >= 4 is 5.91 Å². The summed E-state index contributed by atoms with van der Waals surface area (Å²) in [7, 11) is 0. The molecule has 12 heavy (non-hydrogen) atoms. The van der Waals surface area contributed by atoms with Crippen molar-refractivity contribution in [2.75, 3.05) is 13.1 Å². The second-order valence-electron chi connectivity index (χ2n) is 4.25. The second kappa shape index (κ2) is 2.46. The number of amides is 1. The number of carbonyl (C=O) groups is 1. The highest BCUT2D eigenvalue weighted by Gasteiger charge is 2.48. The zero-order valence-electron chi connectivity index (χ0n) is 7.42. The standard InChI is InChI=1S/C9H15NO2/c1-9(3-4-9)8(12)10-5-2-7(11)6-10/h7,11H,2-6H2,1H3. The van der Waals surface area contributed by atoms with Crippen molar-refractivity contribution < 1.29 is 9.90 Å². The van der Waals surface area contributed by atoms with Crippen LogP contribution in [0.4, 0.5) is 0 Å². The lowest BCUT2D eigenvalue weighted by atomic mass is 10.1. The number of aliphatic hydroxyl groups excluding tert-OH is 1. The third-order valence-electron chi connectivity index (χ3n) is 2.97. The predicted octanol–water partition coefficient (Wildman–Crippen LogP) is 0.380. The summed E-state index contributed by atoms with van der Waals surface area (Å²) < 4.78 is 0. The predicted molar refractivity (Wildman–Crippen MR) is 44.5 cm³/mol. The average Bonchev–Trinajstić information content (AvgIpc) is 2.62. The van der Waals surface area contributed by atoms with Crippen molar-refractivity contribution in [3.63, 3.8) is 0 Å². The first-order chi connectivity index (χ1) is 5.62. The molecule has 1 saturated carbocycles. The average molecular weight is 169 g/mol. The molecule has 0 aromatic carbocycles. The Balaban J connectivity index is 1.97. The quantitative estimate of drug-likeness (QED) is 0.616. The number of likely N-dealkylation sites (tertiary alicyclic amines) is 1. The van der Waals surface area contributed by atoms with Crippen LogP contribution in [0.3, 0.4) is 0 Å². The van der Waals surface area contributed by atoms with Gasteiger partial charge in [-0.25, -0.2) is 0 Å². The molecule has 1 atom stereocenters. The van der Waals surface area contributed by atoms with Gasteiger partial charge in [0.1, 0.15) is 0 Å². The second-order valence-corrected chi connectivity index (χ2v) is 4.25. The fraction of sp³-hybridized carbons (Fsp3) is 0.889. The van der Waals surface area contributed by atoms with E-state index in [0.717, 1.165) is 25.8 Å². The van der Waals surface area contributed by atoms with Crippen LogP contribution in [-0.4, -0.2) is 35.1 Å². The van der Waals surface area contributed by atoms with Gasteiger partial charge in [-0.05, 0) is 19.3 Å². The number of β-amino-alcohol motifs (C(OH)–C–C–N with tert-alkyl or cyclic N) is 1. The van der Waals surface area contributed by atoms with E-state index in [1.165, 1.54) is 0 Å². The van der Waals surface area contributed by atoms with E-state index in [-0.39, 0.29) is 17.4 Å². The molecule has 3 nitrogen and oxygen atoms in total. The molecular formula is C9H15NO2.